The number of aryl methyl sites for hydroxylation is 3. The van der Waals surface area contributed by atoms with Crippen molar-refractivity contribution in [3.8, 4) is 5.75 Å². The van der Waals surface area contributed by atoms with Crippen LogP contribution in [0.1, 0.15) is 42.8 Å². The highest BCUT2D eigenvalue weighted by Crippen LogP contribution is 2.28. The predicted molar refractivity (Wildman–Crippen MR) is 119 cm³/mol. The molecule has 0 aliphatic rings. The molecule has 3 aromatic carbocycles. The quantitative estimate of drug-likeness (QED) is 0.346. The van der Waals surface area contributed by atoms with Crippen LogP contribution in [-0.4, -0.2) is 9.55 Å². The molecule has 0 saturated carbocycles. The number of ether oxygens (including phenoxy) is 1. The average Bonchev–Trinajstić information content (AvgIpc) is 3.11. The highest BCUT2D eigenvalue weighted by Gasteiger charge is 2.20. The van der Waals surface area contributed by atoms with Gasteiger partial charge in [-0.3, -0.25) is 0 Å². The second kappa shape index (κ2) is 8.95. The van der Waals surface area contributed by atoms with E-state index in [4.69, 9.17) is 9.72 Å². The topological polar surface area (TPSA) is 27.1 Å². The average molecular weight is 385 g/mol. The molecule has 0 aliphatic carbocycles. The van der Waals surface area contributed by atoms with Crippen LogP contribution in [0.2, 0.25) is 0 Å². The summed E-state index contributed by atoms with van der Waals surface area (Å²) in [6.07, 6.45) is 2.93. The van der Waals surface area contributed by atoms with Crippen molar-refractivity contribution < 1.29 is 4.74 Å². The van der Waals surface area contributed by atoms with Gasteiger partial charge >= 0.3 is 0 Å². The van der Waals surface area contributed by atoms with Crippen LogP contribution in [0.15, 0.2) is 78.9 Å². The fourth-order valence-corrected chi connectivity index (χ4v) is 3.83. The van der Waals surface area contributed by atoms with E-state index in [1.807, 2.05) is 12.1 Å². The molecular weight excluding hydrogens is 356 g/mol. The van der Waals surface area contributed by atoms with Gasteiger partial charge in [0.25, 0.3) is 0 Å². The van der Waals surface area contributed by atoms with Gasteiger partial charge in [0, 0.05) is 6.54 Å². The second-order valence-corrected chi connectivity index (χ2v) is 7.53. The first kappa shape index (κ1) is 19.3. The van der Waals surface area contributed by atoms with Crippen molar-refractivity contribution in [2.24, 2.45) is 0 Å². The number of hydrogen-bond donors (Lipinski definition) is 0. The molecule has 148 valence electrons. The van der Waals surface area contributed by atoms with Gasteiger partial charge in [0.15, 0.2) is 11.9 Å². The molecule has 0 spiro atoms. The Kier molecular flexibility index (Phi) is 5.95. The first-order chi connectivity index (χ1) is 14.2. The summed E-state index contributed by atoms with van der Waals surface area (Å²) < 4.78 is 8.73. The lowest BCUT2D eigenvalue weighted by atomic mass is 10.1. The van der Waals surface area contributed by atoms with E-state index in [9.17, 15) is 0 Å². The molecule has 0 radical (unpaired) electrons. The standard InChI is InChI=1S/C26H28N2O/c1-3-25(29-22-15-9-11-20(2)19-22)26-27-23-16-7-8-17-24(23)28(26)18-10-14-21-12-5-4-6-13-21/h4-9,11-13,15-17,19,25H,3,10,14,18H2,1-2H3. The van der Waals surface area contributed by atoms with Crippen LogP contribution < -0.4 is 4.74 Å². The van der Waals surface area contributed by atoms with E-state index in [1.165, 1.54) is 16.6 Å². The van der Waals surface area contributed by atoms with E-state index in [2.05, 4.69) is 85.1 Å². The number of fused-ring (bicyclic) bond motifs is 1. The van der Waals surface area contributed by atoms with Gasteiger partial charge in [-0.1, -0.05) is 61.5 Å². The zero-order chi connectivity index (χ0) is 20.1. The molecule has 29 heavy (non-hydrogen) atoms. The van der Waals surface area contributed by atoms with Crippen molar-refractivity contribution in [2.45, 2.75) is 45.8 Å². The molecule has 0 aliphatic heterocycles. The van der Waals surface area contributed by atoms with Gasteiger partial charge in [0.05, 0.1) is 11.0 Å². The minimum absolute atomic E-state index is 0.0686. The molecule has 1 unspecified atom stereocenters. The van der Waals surface area contributed by atoms with Crippen LogP contribution in [-0.2, 0) is 13.0 Å². The Bertz CT molecular complexity index is 1070. The fourth-order valence-electron chi connectivity index (χ4n) is 3.83. The van der Waals surface area contributed by atoms with Gasteiger partial charge in [0.1, 0.15) is 5.75 Å². The molecule has 0 saturated heterocycles. The summed E-state index contributed by atoms with van der Waals surface area (Å²) in [7, 11) is 0. The summed E-state index contributed by atoms with van der Waals surface area (Å²) in [4.78, 5) is 4.97. The first-order valence-corrected chi connectivity index (χ1v) is 10.5. The van der Waals surface area contributed by atoms with E-state index >= 15 is 0 Å². The van der Waals surface area contributed by atoms with E-state index in [0.29, 0.717) is 0 Å². The van der Waals surface area contributed by atoms with Gasteiger partial charge in [-0.05, 0) is 61.6 Å². The molecule has 1 atom stereocenters. The van der Waals surface area contributed by atoms with Crippen LogP contribution in [0.3, 0.4) is 0 Å². The number of nitrogens with zero attached hydrogens (tertiary/aromatic N) is 2. The minimum Gasteiger partial charge on any atom is -0.483 e. The van der Waals surface area contributed by atoms with Crippen LogP contribution in [0.5, 0.6) is 5.75 Å². The Balaban J connectivity index is 1.61. The zero-order valence-electron chi connectivity index (χ0n) is 17.2. The molecule has 0 N–H and O–H groups in total. The molecule has 1 aromatic heterocycles. The number of hydrogen-bond acceptors (Lipinski definition) is 2. The van der Waals surface area contributed by atoms with Gasteiger partial charge < -0.3 is 9.30 Å². The SMILES string of the molecule is CCC(Oc1cccc(C)c1)c1nc2ccccc2n1CCCc1ccccc1. The molecule has 1 heterocycles. The predicted octanol–water partition coefficient (Wildman–Crippen LogP) is 6.51. The smallest absolute Gasteiger partial charge is 0.156 e. The third kappa shape index (κ3) is 4.51. The Hall–Kier alpha value is -3.07. The minimum atomic E-state index is -0.0686. The summed E-state index contributed by atoms with van der Waals surface area (Å²) in [5, 5.41) is 0. The molecule has 3 nitrogen and oxygen atoms in total. The third-order valence-electron chi connectivity index (χ3n) is 5.30. The molecule has 4 aromatic rings. The number of para-hydroxylation sites is 2. The van der Waals surface area contributed by atoms with E-state index in [-0.39, 0.29) is 6.10 Å². The maximum Gasteiger partial charge on any atom is 0.156 e. The molecular formula is C26H28N2O. The normalized spacial score (nSPS) is 12.2. The van der Waals surface area contributed by atoms with Crippen LogP contribution >= 0.6 is 0 Å². The van der Waals surface area contributed by atoms with Crippen LogP contribution in [0.25, 0.3) is 11.0 Å². The summed E-state index contributed by atoms with van der Waals surface area (Å²) in [6, 6.07) is 27.3. The summed E-state index contributed by atoms with van der Waals surface area (Å²) in [6.45, 7) is 5.18. The number of benzene rings is 3. The lowest BCUT2D eigenvalue weighted by molar-refractivity contribution is 0.186. The summed E-state index contributed by atoms with van der Waals surface area (Å²) >= 11 is 0. The van der Waals surface area contributed by atoms with E-state index < -0.39 is 0 Å². The monoisotopic (exact) mass is 384 g/mol. The maximum absolute atomic E-state index is 6.38. The highest BCUT2D eigenvalue weighted by molar-refractivity contribution is 5.76. The van der Waals surface area contributed by atoms with Crippen LogP contribution in [0.4, 0.5) is 0 Å². The van der Waals surface area contributed by atoms with Gasteiger partial charge in [-0.15, -0.1) is 0 Å². The second-order valence-electron chi connectivity index (χ2n) is 7.53. The number of imidazole rings is 1. The maximum atomic E-state index is 6.38. The van der Waals surface area contributed by atoms with Gasteiger partial charge in [-0.25, -0.2) is 4.98 Å². The number of aromatic nitrogens is 2. The lowest BCUT2D eigenvalue weighted by Gasteiger charge is -2.19. The summed E-state index contributed by atoms with van der Waals surface area (Å²) in [5.74, 6) is 1.92. The zero-order valence-corrected chi connectivity index (χ0v) is 17.2. The van der Waals surface area contributed by atoms with Crippen molar-refractivity contribution in [1.82, 2.24) is 9.55 Å². The van der Waals surface area contributed by atoms with Crippen molar-refractivity contribution in [2.75, 3.05) is 0 Å². The van der Waals surface area contributed by atoms with Gasteiger partial charge in [0.2, 0.25) is 0 Å². The molecule has 0 fully saturated rings. The van der Waals surface area contributed by atoms with Crippen LogP contribution in [0, 0.1) is 6.92 Å². The molecule has 0 bridgehead atoms. The van der Waals surface area contributed by atoms with E-state index in [1.54, 1.807) is 0 Å². The van der Waals surface area contributed by atoms with Gasteiger partial charge in [-0.2, -0.15) is 0 Å². The Morgan fingerprint density at radius 3 is 2.52 bits per heavy atom. The Morgan fingerprint density at radius 1 is 0.931 bits per heavy atom. The highest BCUT2D eigenvalue weighted by atomic mass is 16.5. The first-order valence-electron chi connectivity index (χ1n) is 10.5. The fraction of sp³-hybridized carbons (Fsp3) is 0.269. The Labute approximate surface area is 173 Å². The van der Waals surface area contributed by atoms with Crippen molar-refractivity contribution in [3.63, 3.8) is 0 Å². The third-order valence-corrected chi connectivity index (χ3v) is 5.30. The molecule has 4 rings (SSSR count). The largest absolute Gasteiger partial charge is 0.483 e. The van der Waals surface area contributed by atoms with Crippen molar-refractivity contribution in [3.05, 3.63) is 95.8 Å². The molecule has 0 amide bonds. The van der Waals surface area contributed by atoms with E-state index in [0.717, 1.165) is 42.9 Å². The number of rotatable bonds is 8. The van der Waals surface area contributed by atoms with Crippen molar-refractivity contribution in [1.29, 1.82) is 0 Å². The Morgan fingerprint density at radius 2 is 1.72 bits per heavy atom. The lowest BCUT2D eigenvalue weighted by Crippen LogP contribution is -2.14. The van der Waals surface area contributed by atoms with Crippen molar-refractivity contribution >= 4 is 11.0 Å². The molecule has 3 heteroatoms. The summed E-state index contributed by atoms with van der Waals surface area (Å²) in [5.41, 5.74) is 4.80.